The number of nitrogens with zero attached hydrogens (tertiary/aromatic N) is 2. The summed E-state index contributed by atoms with van der Waals surface area (Å²) in [5, 5.41) is 9.54. The Morgan fingerprint density at radius 1 is 1.40 bits per heavy atom. The molecule has 8 nitrogen and oxygen atoms in total. The molecule has 0 aliphatic carbocycles. The number of nitrogens with one attached hydrogen (secondary N) is 2. The number of likely N-dealkylation sites (N-methyl/N-ethyl adjacent to an activating group) is 1. The first-order valence-electron chi connectivity index (χ1n) is 8.56. The van der Waals surface area contributed by atoms with E-state index in [9.17, 15) is 14.4 Å². The minimum absolute atomic E-state index is 0.0774. The number of carbonyl (C=O) groups is 3. The number of rotatable bonds is 4. The highest BCUT2D eigenvalue weighted by Gasteiger charge is 2.27. The van der Waals surface area contributed by atoms with Crippen molar-refractivity contribution in [2.45, 2.75) is 52.1 Å². The molecule has 0 radical (unpaired) electrons. The summed E-state index contributed by atoms with van der Waals surface area (Å²) >= 11 is 0. The summed E-state index contributed by atoms with van der Waals surface area (Å²) in [6.07, 6.45) is 2.29. The summed E-state index contributed by atoms with van der Waals surface area (Å²) in [7, 11) is 1.70. The van der Waals surface area contributed by atoms with E-state index < -0.39 is 0 Å². The van der Waals surface area contributed by atoms with Gasteiger partial charge in [-0.15, -0.1) is 0 Å². The number of hydrogen-bond acceptors (Lipinski definition) is 5. The summed E-state index contributed by atoms with van der Waals surface area (Å²) in [5.41, 5.74) is 0.656. The molecule has 2 heterocycles. The van der Waals surface area contributed by atoms with Gasteiger partial charge in [-0.25, -0.2) is 0 Å². The third-order valence-corrected chi connectivity index (χ3v) is 4.34. The van der Waals surface area contributed by atoms with Crippen molar-refractivity contribution in [2.75, 3.05) is 13.6 Å². The van der Waals surface area contributed by atoms with E-state index in [0.29, 0.717) is 24.4 Å². The van der Waals surface area contributed by atoms with E-state index in [1.165, 1.54) is 6.92 Å². The lowest BCUT2D eigenvalue weighted by molar-refractivity contribution is -0.135. The first kappa shape index (κ1) is 19.0. The summed E-state index contributed by atoms with van der Waals surface area (Å²) in [5.74, 6) is -0.0381. The maximum absolute atomic E-state index is 12.5. The van der Waals surface area contributed by atoms with Crippen LogP contribution in [-0.2, 0) is 20.9 Å². The first-order valence-corrected chi connectivity index (χ1v) is 8.56. The maximum atomic E-state index is 12.5. The third-order valence-electron chi connectivity index (χ3n) is 4.34. The summed E-state index contributed by atoms with van der Waals surface area (Å²) in [6.45, 7) is 4.00. The van der Waals surface area contributed by atoms with Crippen LogP contribution in [0.3, 0.4) is 0 Å². The van der Waals surface area contributed by atoms with Gasteiger partial charge < -0.3 is 20.1 Å². The van der Waals surface area contributed by atoms with Gasteiger partial charge >= 0.3 is 0 Å². The summed E-state index contributed by atoms with van der Waals surface area (Å²) in [6, 6.07) is 1.69. The third kappa shape index (κ3) is 5.88. The molecule has 1 aliphatic rings. The molecule has 1 aliphatic heterocycles. The second-order valence-electron chi connectivity index (χ2n) is 6.65. The molecule has 2 rings (SSSR count). The van der Waals surface area contributed by atoms with Gasteiger partial charge in [-0.2, -0.15) is 0 Å². The largest absolute Gasteiger partial charge is 0.361 e. The highest BCUT2D eigenvalue weighted by atomic mass is 16.5. The monoisotopic (exact) mass is 350 g/mol. The van der Waals surface area contributed by atoms with Gasteiger partial charge in [0.1, 0.15) is 11.5 Å². The van der Waals surface area contributed by atoms with E-state index >= 15 is 0 Å². The lowest BCUT2D eigenvalue weighted by Gasteiger charge is -2.23. The number of carbonyl (C=O) groups excluding carboxylic acids is 3. The quantitative estimate of drug-likeness (QED) is 0.834. The van der Waals surface area contributed by atoms with Crippen LogP contribution in [0.15, 0.2) is 10.6 Å². The van der Waals surface area contributed by atoms with Crippen LogP contribution < -0.4 is 10.6 Å². The molecular formula is C17H26N4O4. The Labute approximate surface area is 147 Å². The van der Waals surface area contributed by atoms with Gasteiger partial charge in [0.15, 0.2) is 0 Å². The van der Waals surface area contributed by atoms with Crippen LogP contribution in [0.2, 0.25) is 0 Å². The molecule has 2 N–H and O–H groups in total. The van der Waals surface area contributed by atoms with Crippen LogP contribution in [0.1, 0.15) is 44.1 Å². The average molecular weight is 350 g/mol. The fourth-order valence-corrected chi connectivity index (χ4v) is 3.06. The molecular weight excluding hydrogens is 324 g/mol. The number of amides is 3. The lowest BCUT2D eigenvalue weighted by Crippen LogP contribution is -2.43. The average Bonchev–Trinajstić information content (AvgIpc) is 2.97. The van der Waals surface area contributed by atoms with Gasteiger partial charge in [-0.3, -0.25) is 14.4 Å². The molecule has 8 heteroatoms. The molecule has 3 amide bonds. The molecule has 0 bridgehead atoms. The van der Waals surface area contributed by atoms with Gasteiger partial charge in [0.05, 0.1) is 6.54 Å². The molecule has 25 heavy (non-hydrogen) atoms. The standard InChI is InChI=1S/C17H26N4O4/c1-11-7-15(20-25-11)9-18-17(24)13-5-4-6-14(19-12(2)22)10-21(3)16(23)8-13/h7,13-14H,4-6,8-10H2,1-3H3,(H,18,24)(H,19,22)/t13-,14-/m1/s1. The zero-order valence-corrected chi connectivity index (χ0v) is 15.0. The second kappa shape index (κ2) is 8.64. The van der Waals surface area contributed by atoms with Crippen molar-refractivity contribution in [2.24, 2.45) is 5.92 Å². The van der Waals surface area contributed by atoms with E-state index in [4.69, 9.17) is 4.52 Å². The Balaban J connectivity index is 1.94. The molecule has 1 aromatic heterocycles. The molecule has 1 saturated heterocycles. The van der Waals surface area contributed by atoms with Crippen molar-refractivity contribution in [3.05, 3.63) is 17.5 Å². The molecule has 0 spiro atoms. The van der Waals surface area contributed by atoms with Crippen LogP contribution in [0.5, 0.6) is 0 Å². The Morgan fingerprint density at radius 2 is 2.16 bits per heavy atom. The fraction of sp³-hybridized carbons (Fsp3) is 0.647. The van der Waals surface area contributed by atoms with E-state index in [-0.39, 0.29) is 42.6 Å². The Bertz CT molecular complexity index is 628. The van der Waals surface area contributed by atoms with E-state index in [0.717, 1.165) is 12.8 Å². The van der Waals surface area contributed by atoms with Crippen molar-refractivity contribution in [1.29, 1.82) is 0 Å². The number of hydrogen-bond donors (Lipinski definition) is 2. The predicted molar refractivity (Wildman–Crippen MR) is 90.3 cm³/mol. The maximum Gasteiger partial charge on any atom is 0.223 e. The second-order valence-corrected chi connectivity index (χ2v) is 6.65. The van der Waals surface area contributed by atoms with E-state index in [1.54, 1.807) is 24.9 Å². The molecule has 0 saturated carbocycles. The van der Waals surface area contributed by atoms with Gasteiger partial charge in [0, 0.05) is 45.0 Å². The fourth-order valence-electron chi connectivity index (χ4n) is 3.06. The SMILES string of the molecule is CC(=O)N[C@@H]1CCC[C@@H](C(=O)NCc2cc(C)on2)CC(=O)N(C)C1. The Morgan fingerprint density at radius 3 is 2.80 bits per heavy atom. The van der Waals surface area contributed by atoms with Crippen molar-refractivity contribution in [3.63, 3.8) is 0 Å². The minimum atomic E-state index is -0.376. The Kier molecular flexibility index (Phi) is 6.55. The molecule has 2 atom stereocenters. The van der Waals surface area contributed by atoms with Crippen molar-refractivity contribution >= 4 is 17.7 Å². The highest BCUT2D eigenvalue weighted by Crippen LogP contribution is 2.19. The predicted octanol–water partition coefficient (Wildman–Crippen LogP) is 0.753. The molecule has 138 valence electrons. The van der Waals surface area contributed by atoms with E-state index in [2.05, 4.69) is 15.8 Å². The minimum Gasteiger partial charge on any atom is -0.361 e. The Hall–Kier alpha value is -2.38. The van der Waals surface area contributed by atoms with Crippen molar-refractivity contribution in [3.8, 4) is 0 Å². The van der Waals surface area contributed by atoms with Crippen molar-refractivity contribution in [1.82, 2.24) is 20.7 Å². The van der Waals surface area contributed by atoms with Crippen LogP contribution in [0, 0.1) is 12.8 Å². The van der Waals surface area contributed by atoms with Crippen LogP contribution in [-0.4, -0.2) is 47.4 Å². The van der Waals surface area contributed by atoms with Crippen LogP contribution in [0.4, 0.5) is 0 Å². The summed E-state index contributed by atoms with van der Waals surface area (Å²) in [4.78, 5) is 37.7. The van der Waals surface area contributed by atoms with Gasteiger partial charge in [-0.1, -0.05) is 11.6 Å². The van der Waals surface area contributed by atoms with Crippen molar-refractivity contribution < 1.29 is 18.9 Å². The van der Waals surface area contributed by atoms with Gasteiger partial charge in [0.2, 0.25) is 17.7 Å². The zero-order chi connectivity index (χ0) is 18.4. The summed E-state index contributed by atoms with van der Waals surface area (Å²) < 4.78 is 4.97. The topological polar surface area (TPSA) is 105 Å². The lowest BCUT2D eigenvalue weighted by atomic mass is 9.96. The van der Waals surface area contributed by atoms with E-state index in [1.807, 2.05) is 0 Å². The van der Waals surface area contributed by atoms with Crippen LogP contribution in [0.25, 0.3) is 0 Å². The normalized spacial score (nSPS) is 21.9. The van der Waals surface area contributed by atoms with Gasteiger partial charge in [-0.05, 0) is 19.8 Å². The molecule has 0 aromatic carbocycles. The number of aromatic nitrogens is 1. The van der Waals surface area contributed by atoms with Gasteiger partial charge in [0.25, 0.3) is 0 Å². The smallest absolute Gasteiger partial charge is 0.223 e. The van der Waals surface area contributed by atoms with Crippen LogP contribution >= 0.6 is 0 Å². The first-order chi connectivity index (χ1) is 11.8. The zero-order valence-electron chi connectivity index (χ0n) is 15.0. The molecule has 1 fully saturated rings. The number of aryl methyl sites for hydroxylation is 1. The molecule has 0 unspecified atom stereocenters. The molecule has 1 aromatic rings. The highest BCUT2D eigenvalue weighted by molar-refractivity contribution is 5.85.